The van der Waals surface area contributed by atoms with Crippen LogP contribution in [0.2, 0.25) is 0 Å². The average Bonchev–Trinajstić information content (AvgIpc) is 3.19. The molecular formula is C13H24N2O2. The molecule has 4 nitrogen and oxygen atoms in total. The van der Waals surface area contributed by atoms with Gasteiger partial charge in [-0.05, 0) is 31.6 Å². The number of piperidine rings is 1. The first-order valence-corrected chi connectivity index (χ1v) is 6.83. The fourth-order valence-electron chi connectivity index (χ4n) is 2.56. The van der Waals surface area contributed by atoms with Crippen LogP contribution in [0.1, 0.15) is 32.6 Å². The van der Waals surface area contributed by atoms with E-state index in [-0.39, 0.29) is 5.92 Å². The van der Waals surface area contributed by atoms with Gasteiger partial charge in [0.25, 0.3) is 0 Å². The summed E-state index contributed by atoms with van der Waals surface area (Å²) in [7, 11) is 0. The van der Waals surface area contributed by atoms with Crippen LogP contribution in [0.3, 0.4) is 0 Å². The van der Waals surface area contributed by atoms with Crippen LogP contribution in [0.5, 0.6) is 0 Å². The van der Waals surface area contributed by atoms with E-state index >= 15 is 0 Å². The van der Waals surface area contributed by atoms with Gasteiger partial charge in [0.2, 0.25) is 5.91 Å². The van der Waals surface area contributed by atoms with E-state index in [0.717, 1.165) is 25.9 Å². The Labute approximate surface area is 103 Å². The largest absolute Gasteiger partial charge is 0.377 e. The maximum absolute atomic E-state index is 12.2. The number of nitrogens with two attached hydrogens (primary N) is 1. The van der Waals surface area contributed by atoms with Gasteiger partial charge in [-0.3, -0.25) is 4.79 Å². The van der Waals surface area contributed by atoms with Gasteiger partial charge in [-0.15, -0.1) is 0 Å². The second-order valence-electron chi connectivity index (χ2n) is 5.31. The molecule has 1 aliphatic carbocycles. The van der Waals surface area contributed by atoms with Crippen LogP contribution in [0, 0.1) is 11.8 Å². The number of carbonyl (C=O) groups excluding carboxylic acids is 1. The van der Waals surface area contributed by atoms with Crippen molar-refractivity contribution in [2.45, 2.75) is 38.7 Å². The van der Waals surface area contributed by atoms with Crippen molar-refractivity contribution in [2.24, 2.45) is 17.6 Å². The Bertz CT molecular complexity index is 258. The summed E-state index contributed by atoms with van der Waals surface area (Å²) >= 11 is 0. The van der Waals surface area contributed by atoms with Crippen molar-refractivity contribution in [3.05, 3.63) is 0 Å². The average molecular weight is 240 g/mol. The normalized spacial score (nSPS) is 23.8. The van der Waals surface area contributed by atoms with Crippen LogP contribution in [0.25, 0.3) is 0 Å². The maximum atomic E-state index is 12.2. The highest BCUT2D eigenvalue weighted by Gasteiger charge is 2.35. The van der Waals surface area contributed by atoms with Gasteiger partial charge in [-0.1, -0.05) is 6.92 Å². The highest BCUT2D eigenvalue weighted by molar-refractivity contribution is 5.79. The lowest BCUT2D eigenvalue weighted by Crippen LogP contribution is -2.43. The van der Waals surface area contributed by atoms with E-state index in [1.165, 1.54) is 12.8 Å². The third kappa shape index (κ3) is 3.42. The van der Waals surface area contributed by atoms with E-state index in [4.69, 9.17) is 10.5 Å². The van der Waals surface area contributed by atoms with E-state index in [2.05, 4.69) is 6.92 Å². The Morgan fingerprint density at radius 2 is 2.00 bits per heavy atom. The molecule has 0 radical (unpaired) electrons. The number of ether oxygens (including phenoxy) is 1. The highest BCUT2D eigenvalue weighted by atomic mass is 16.5. The summed E-state index contributed by atoms with van der Waals surface area (Å²) in [5.41, 5.74) is 5.41. The lowest BCUT2D eigenvalue weighted by Gasteiger charge is -2.33. The van der Waals surface area contributed by atoms with Gasteiger partial charge in [-0.2, -0.15) is 0 Å². The van der Waals surface area contributed by atoms with Crippen molar-refractivity contribution in [3.8, 4) is 0 Å². The number of carbonyl (C=O) groups is 1. The molecule has 0 aromatic rings. The lowest BCUT2D eigenvalue weighted by atomic mass is 10.0. The van der Waals surface area contributed by atoms with Crippen LogP contribution >= 0.6 is 0 Å². The van der Waals surface area contributed by atoms with Gasteiger partial charge < -0.3 is 15.4 Å². The molecule has 1 atom stereocenters. The minimum absolute atomic E-state index is 0.233. The topological polar surface area (TPSA) is 55.6 Å². The molecule has 0 bridgehead atoms. The number of likely N-dealkylation sites (tertiary alicyclic amines) is 1. The smallest absolute Gasteiger partial charge is 0.225 e. The Hall–Kier alpha value is -0.610. The molecule has 2 aliphatic rings. The van der Waals surface area contributed by atoms with Gasteiger partial charge in [0, 0.05) is 25.6 Å². The fourth-order valence-corrected chi connectivity index (χ4v) is 2.56. The quantitative estimate of drug-likeness (QED) is 0.780. The summed E-state index contributed by atoms with van der Waals surface area (Å²) < 4.78 is 5.62. The van der Waals surface area contributed by atoms with Gasteiger partial charge in [0.05, 0.1) is 12.7 Å². The molecule has 98 valence electrons. The summed E-state index contributed by atoms with van der Waals surface area (Å²) in [5.74, 6) is 1.25. The molecule has 17 heavy (non-hydrogen) atoms. The third-order valence-corrected chi connectivity index (χ3v) is 3.94. The molecule has 1 aliphatic heterocycles. The Morgan fingerprint density at radius 1 is 1.35 bits per heavy atom. The molecular weight excluding hydrogens is 216 g/mol. The number of hydrogen-bond donors (Lipinski definition) is 1. The van der Waals surface area contributed by atoms with Crippen LogP contribution in [-0.4, -0.2) is 43.2 Å². The summed E-state index contributed by atoms with van der Waals surface area (Å²) in [5, 5.41) is 0. The lowest BCUT2D eigenvalue weighted by molar-refractivity contribution is -0.138. The van der Waals surface area contributed by atoms with Crippen molar-refractivity contribution >= 4 is 5.91 Å². The Kier molecular flexibility index (Phi) is 4.40. The molecule has 2 rings (SSSR count). The molecule has 4 heteroatoms. The van der Waals surface area contributed by atoms with E-state index in [9.17, 15) is 4.79 Å². The zero-order chi connectivity index (χ0) is 12.3. The van der Waals surface area contributed by atoms with Crippen molar-refractivity contribution < 1.29 is 9.53 Å². The molecule has 1 heterocycles. The Morgan fingerprint density at radius 3 is 2.53 bits per heavy atom. The minimum Gasteiger partial charge on any atom is -0.377 e. The molecule has 2 fully saturated rings. The summed E-state index contributed by atoms with van der Waals surface area (Å²) in [6, 6.07) is 0. The number of rotatable bonds is 5. The van der Waals surface area contributed by atoms with Gasteiger partial charge >= 0.3 is 0 Å². The molecule has 1 saturated carbocycles. The maximum Gasteiger partial charge on any atom is 0.225 e. The number of amides is 1. The highest BCUT2D eigenvalue weighted by Crippen LogP contribution is 2.37. The second-order valence-corrected chi connectivity index (χ2v) is 5.31. The predicted molar refractivity (Wildman–Crippen MR) is 66.5 cm³/mol. The predicted octanol–water partition coefficient (Wildman–Crippen LogP) is 0.999. The van der Waals surface area contributed by atoms with E-state index in [1.54, 1.807) is 0 Å². The molecule has 2 N–H and O–H groups in total. The molecule has 1 amide bonds. The molecule has 1 unspecified atom stereocenters. The van der Waals surface area contributed by atoms with Gasteiger partial charge in [0.15, 0.2) is 0 Å². The summed E-state index contributed by atoms with van der Waals surface area (Å²) in [6.45, 7) is 5.00. The monoisotopic (exact) mass is 240 g/mol. The molecule has 0 spiro atoms. The van der Waals surface area contributed by atoms with E-state index < -0.39 is 0 Å². The van der Waals surface area contributed by atoms with Crippen molar-refractivity contribution in [2.75, 3.05) is 26.2 Å². The van der Waals surface area contributed by atoms with Gasteiger partial charge in [-0.25, -0.2) is 0 Å². The first-order valence-electron chi connectivity index (χ1n) is 6.83. The summed E-state index contributed by atoms with van der Waals surface area (Å²) in [6.07, 6.45) is 4.71. The number of nitrogens with zero attached hydrogens (tertiary/aromatic N) is 1. The zero-order valence-corrected chi connectivity index (χ0v) is 10.7. The van der Waals surface area contributed by atoms with E-state index in [1.807, 2.05) is 4.90 Å². The standard InChI is InChI=1S/C13H24N2O2/c1-10(11-2-3-11)13(16)15-7-4-12(5-8-15)17-9-6-14/h10-12H,2-9,14H2,1H3. The molecule has 1 saturated heterocycles. The second kappa shape index (κ2) is 5.83. The first kappa shape index (κ1) is 12.8. The fraction of sp³-hybridized carbons (Fsp3) is 0.923. The zero-order valence-electron chi connectivity index (χ0n) is 10.7. The van der Waals surface area contributed by atoms with E-state index in [0.29, 0.717) is 31.1 Å². The number of hydrogen-bond acceptors (Lipinski definition) is 3. The van der Waals surface area contributed by atoms with Crippen molar-refractivity contribution in [1.29, 1.82) is 0 Å². The van der Waals surface area contributed by atoms with Crippen LogP contribution < -0.4 is 5.73 Å². The van der Waals surface area contributed by atoms with Gasteiger partial charge in [0.1, 0.15) is 0 Å². The van der Waals surface area contributed by atoms with Crippen LogP contribution in [-0.2, 0) is 9.53 Å². The third-order valence-electron chi connectivity index (χ3n) is 3.94. The van der Waals surface area contributed by atoms with Crippen LogP contribution in [0.15, 0.2) is 0 Å². The Balaban J connectivity index is 1.72. The SMILES string of the molecule is CC(C(=O)N1CCC(OCCN)CC1)C1CC1. The van der Waals surface area contributed by atoms with Crippen molar-refractivity contribution in [3.63, 3.8) is 0 Å². The minimum atomic E-state index is 0.233. The molecule has 0 aromatic heterocycles. The summed E-state index contributed by atoms with van der Waals surface area (Å²) in [4.78, 5) is 14.2. The first-order chi connectivity index (χ1) is 8.22. The van der Waals surface area contributed by atoms with Crippen LogP contribution in [0.4, 0.5) is 0 Å². The van der Waals surface area contributed by atoms with Crippen molar-refractivity contribution in [1.82, 2.24) is 4.90 Å². The molecule has 0 aromatic carbocycles.